The van der Waals surface area contributed by atoms with Gasteiger partial charge in [0.1, 0.15) is 0 Å². The number of aromatic nitrogens is 1. The topological polar surface area (TPSA) is 16.1 Å². The minimum absolute atomic E-state index is 0.897. The number of pyridine rings is 1. The second kappa shape index (κ2) is 5.29. The van der Waals surface area contributed by atoms with Crippen molar-refractivity contribution >= 4 is 48.9 Å². The molecular formula is C11H10Br2N2S. The first-order valence-corrected chi connectivity index (χ1v) is 7.16. The second-order valence-electron chi connectivity index (χ2n) is 3.45. The number of anilines is 1. The molecule has 0 aliphatic rings. The van der Waals surface area contributed by atoms with E-state index < -0.39 is 0 Å². The van der Waals surface area contributed by atoms with Crippen molar-refractivity contribution in [2.75, 3.05) is 11.9 Å². The highest BCUT2D eigenvalue weighted by atomic mass is 79.9. The third-order valence-electron chi connectivity index (χ3n) is 2.15. The van der Waals surface area contributed by atoms with Crippen molar-refractivity contribution in [2.24, 2.45) is 0 Å². The molecule has 2 heterocycles. The van der Waals surface area contributed by atoms with Crippen molar-refractivity contribution in [1.82, 2.24) is 4.98 Å². The van der Waals surface area contributed by atoms with Crippen LogP contribution >= 0.6 is 43.2 Å². The number of halogens is 2. The van der Waals surface area contributed by atoms with E-state index in [1.54, 1.807) is 17.5 Å². The molecule has 0 aliphatic carbocycles. The molecule has 0 aromatic carbocycles. The highest BCUT2D eigenvalue weighted by molar-refractivity contribution is 9.10. The van der Waals surface area contributed by atoms with Gasteiger partial charge >= 0.3 is 0 Å². The molecule has 0 N–H and O–H groups in total. The molecule has 2 aromatic heterocycles. The number of hydrogen-bond acceptors (Lipinski definition) is 3. The second-order valence-corrected chi connectivity index (χ2v) is 6.28. The predicted molar refractivity (Wildman–Crippen MR) is 76.1 cm³/mol. The summed E-state index contributed by atoms with van der Waals surface area (Å²) in [5, 5.41) is 2.10. The van der Waals surface area contributed by atoms with E-state index >= 15 is 0 Å². The van der Waals surface area contributed by atoms with Crippen molar-refractivity contribution in [3.8, 4) is 0 Å². The Morgan fingerprint density at radius 1 is 1.25 bits per heavy atom. The number of nitrogens with zero attached hydrogens (tertiary/aromatic N) is 2. The Labute approximate surface area is 116 Å². The zero-order valence-corrected chi connectivity index (χ0v) is 12.6. The molecule has 2 rings (SSSR count). The quantitative estimate of drug-likeness (QED) is 0.809. The molecule has 0 aliphatic heterocycles. The van der Waals surface area contributed by atoms with Gasteiger partial charge in [0.15, 0.2) is 0 Å². The maximum absolute atomic E-state index is 4.16. The van der Waals surface area contributed by atoms with Gasteiger partial charge in [-0.15, -0.1) is 11.3 Å². The third kappa shape index (κ3) is 3.06. The molecule has 0 fully saturated rings. The van der Waals surface area contributed by atoms with Gasteiger partial charge in [-0.3, -0.25) is 4.98 Å². The summed E-state index contributed by atoms with van der Waals surface area (Å²) in [7, 11) is 2.07. The molecule has 16 heavy (non-hydrogen) atoms. The summed E-state index contributed by atoms with van der Waals surface area (Å²) in [5.41, 5.74) is 1.11. The van der Waals surface area contributed by atoms with Crippen molar-refractivity contribution in [3.63, 3.8) is 0 Å². The lowest BCUT2D eigenvalue weighted by Crippen LogP contribution is -2.15. The Kier molecular flexibility index (Phi) is 4.00. The van der Waals surface area contributed by atoms with E-state index in [-0.39, 0.29) is 0 Å². The van der Waals surface area contributed by atoms with Crippen LogP contribution in [0, 0.1) is 0 Å². The average Bonchev–Trinajstić information content (AvgIpc) is 2.64. The summed E-state index contributed by atoms with van der Waals surface area (Å²) < 4.78 is 2.15. The molecule has 0 unspecified atom stereocenters. The van der Waals surface area contributed by atoms with E-state index in [9.17, 15) is 0 Å². The summed E-state index contributed by atoms with van der Waals surface area (Å²) in [6.07, 6.45) is 3.66. The normalized spacial score (nSPS) is 10.4. The van der Waals surface area contributed by atoms with Crippen LogP contribution in [0.5, 0.6) is 0 Å². The van der Waals surface area contributed by atoms with E-state index in [0.717, 1.165) is 21.2 Å². The van der Waals surface area contributed by atoms with Gasteiger partial charge in [-0.25, -0.2) is 0 Å². The Morgan fingerprint density at radius 2 is 2.06 bits per heavy atom. The first kappa shape index (κ1) is 12.1. The highest BCUT2D eigenvalue weighted by Crippen LogP contribution is 2.24. The van der Waals surface area contributed by atoms with Crippen LogP contribution < -0.4 is 4.90 Å². The molecule has 0 radical (unpaired) electrons. The predicted octanol–water partition coefficient (Wildman–Crippen LogP) is 4.30. The van der Waals surface area contributed by atoms with E-state index in [1.807, 2.05) is 6.20 Å². The number of rotatable bonds is 3. The first-order valence-electron chi connectivity index (χ1n) is 4.70. The summed E-state index contributed by atoms with van der Waals surface area (Å²) in [6, 6.07) is 4.21. The lowest BCUT2D eigenvalue weighted by molar-refractivity contribution is 0.933. The fraction of sp³-hybridized carbons (Fsp3) is 0.182. The van der Waals surface area contributed by atoms with Gasteiger partial charge in [0.25, 0.3) is 0 Å². The lowest BCUT2D eigenvalue weighted by atomic mass is 10.3. The van der Waals surface area contributed by atoms with Crippen LogP contribution in [0.15, 0.2) is 38.9 Å². The number of hydrogen-bond donors (Lipinski definition) is 0. The van der Waals surface area contributed by atoms with Gasteiger partial charge in [-0.1, -0.05) is 0 Å². The van der Waals surface area contributed by atoms with Crippen LogP contribution in [0.1, 0.15) is 4.88 Å². The standard InChI is InChI=1S/C11H10Br2N2S/c1-15(6-11-3-9(13)7-16-11)10-2-8(12)4-14-5-10/h2-5,7H,6H2,1H3. The van der Waals surface area contributed by atoms with Crippen LogP contribution in [0.3, 0.4) is 0 Å². The maximum atomic E-state index is 4.16. The monoisotopic (exact) mass is 360 g/mol. The molecular weight excluding hydrogens is 352 g/mol. The van der Waals surface area contributed by atoms with E-state index in [1.165, 1.54) is 4.88 Å². The smallest absolute Gasteiger partial charge is 0.0564 e. The molecule has 0 saturated carbocycles. The molecule has 2 aromatic rings. The molecule has 84 valence electrons. The van der Waals surface area contributed by atoms with Gasteiger partial charge in [-0.05, 0) is 44.0 Å². The maximum Gasteiger partial charge on any atom is 0.0564 e. The van der Waals surface area contributed by atoms with Gasteiger partial charge < -0.3 is 4.90 Å². The Bertz CT molecular complexity index is 484. The summed E-state index contributed by atoms with van der Waals surface area (Å²) in [5.74, 6) is 0. The summed E-state index contributed by atoms with van der Waals surface area (Å²) >= 11 is 8.64. The van der Waals surface area contributed by atoms with E-state index in [0.29, 0.717) is 0 Å². The first-order chi connectivity index (χ1) is 7.65. The summed E-state index contributed by atoms with van der Waals surface area (Å²) in [4.78, 5) is 7.66. The van der Waals surface area contributed by atoms with Crippen molar-refractivity contribution in [1.29, 1.82) is 0 Å². The fourth-order valence-corrected chi connectivity index (χ4v) is 3.23. The van der Waals surface area contributed by atoms with Gasteiger partial charge in [-0.2, -0.15) is 0 Å². The van der Waals surface area contributed by atoms with Crippen molar-refractivity contribution in [2.45, 2.75) is 6.54 Å². The highest BCUT2D eigenvalue weighted by Gasteiger charge is 2.05. The molecule has 0 bridgehead atoms. The molecule has 0 spiro atoms. The number of thiophene rings is 1. The van der Waals surface area contributed by atoms with Crippen molar-refractivity contribution < 1.29 is 0 Å². The Balaban J connectivity index is 2.11. The van der Waals surface area contributed by atoms with Crippen LogP contribution in [0.4, 0.5) is 5.69 Å². The molecule has 0 atom stereocenters. The average molecular weight is 362 g/mol. The largest absolute Gasteiger partial charge is 0.368 e. The fourth-order valence-electron chi connectivity index (χ4n) is 1.37. The van der Waals surface area contributed by atoms with Gasteiger partial charge in [0.05, 0.1) is 18.4 Å². The Hall–Kier alpha value is -0.390. The molecule has 5 heteroatoms. The minimum Gasteiger partial charge on any atom is -0.368 e. The molecule has 0 amide bonds. The zero-order chi connectivity index (χ0) is 11.5. The Morgan fingerprint density at radius 3 is 2.69 bits per heavy atom. The summed E-state index contributed by atoms with van der Waals surface area (Å²) in [6.45, 7) is 0.897. The lowest BCUT2D eigenvalue weighted by Gasteiger charge is -2.17. The van der Waals surface area contributed by atoms with Gasteiger partial charge in [0.2, 0.25) is 0 Å². The molecule has 2 nitrogen and oxygen atoms in total. The van der Waals surface area contributed by atoms with Crippen LogP contribution in [-0.2, 0) is 6.54 Å². The third-order valence-corrected chi connectivity index (χ3v) is 4.26. The van der Waals surface area contributed by atoms with E-state index in [2.05, 4.69) is 66.3 Å². The van der Waals surface area contributed by atoms with Crippen LogP contribution in [-0.4, -0.2) is 12.0 Å². The minimum atomic E-state index is 0.897. The van der Waals surface area contributed by atoms with Crippen LogP contribution in [0.25, 0.3) is 0 Å². The molecule has 0 saturated heterocycles. The van der Waals surface area contributed by atoms with Crippen LogP contribution in [0.2, 0.25) is 0 Å². The zero-order valence-electron chi connectivity index (χ0n) is 8.65. The van der Waals surface area contributed by atoms with Gasteiger partial charge in [0, 0.05) is 32.4 Å². The SMILES string of the molecule is CN(Cc1cc(Br)cs1)c1cncc(Br)c1. The van der Waals surface area contributed by atoms with E-state index in [4.69, 9.17) is 0 Å². The van der Waals surface area contributed by atoms with Crippen molar-refractivity contribution in [3.05, 3.63) is 43.7 Å².